The van der Waals surface area contributed by atoms with E-state index in [9.17, 15) is 9.59 Å². The molecule has 0 radical (unpaired) electrons. The summed E-state index contributed by atoms with van der Waals surface area (Å²) in [6.07, 6.45) is -3.64. The average molecular weight is 450 g/mol. The Kier molecular flexibility index (Phi) is 5.93. The van der Waals surface area contributed by atoms with Crippen LogP contribution in [0.25, 0.3) is 0 Å². The quantitative estimate of drug-likeness (QED) is 0.695. The first-order valence-corrected chi connectivity index (χ1v) is 10.6. The maximum atomic E-state index is 13.1. The minimum absolute atomic E-state index is 0.404. The van der Waals surface area contributed by atoms with Crippen LogP contribution in [0.15, 0.2) is 24.3 Å². The van der Waals surface area contributed by atoms with Crippen molar-refractivity contribution in [2.24, 2.45) is 0 Å². The number of nitrogens with one attached hydrogen (secondary N) is 2. The summed E-state index contributed by atoms with van der Waals surface area (Å²) in [5.74, 6) is -2.20. The van der Waals surface area contributed by atoms with Gasteiger partial charge < -0.3 is 39.1 Å². The Morgan fingerprint density at radius 1 is 0.969 bits per heavy atom. The zero-order chi connectivity index (χ0) is 23.3. The van der Waals surface area contributed by atoms with Crippen LogP contribution in [0.2, 0.25) is 0 Å². The number of anilines is 1. The topological polar surface area (TPSA) is 114 Å². The number of benzene rings is 1. The second-order valence-corrected chi connectivity index (χ2v) is 9.01. The standard InChI is InChI=1S/C22H30N2O8/c1-11(18(25)24-12-9-7-8-10-13(12)27-6)23-19(26)16-14-15(30-21(2,3)29-14)17-20(28-16)32-22(4,5)31-17/h7-11,14-17,20H,1-6H3,(H,23,26)(H,24,25)/t11-,14-,15+,16-,17-,20-/m1/s1. The highest BCUT2D eigenvalue weighted by Crippen LogP contribution is 2.44. The zero-order valence-corrected chi connectivity index (χ0v) is 19.0. The third-order valence-corrected chi connectivity index (χ3v) is 5.53. The van der Waals surface area contributed by atoms with Gasteiger partial charge in [0.2, 0.25) is 5.91 Å². The highest BCUT2D eigenvalue weighted by Gasteiger charge is 2.62. The van der Waals surface area contributed by atoms with E-state index in [1.807, 2.05) is 0 Å². The number of ether oxygens (including phenoxy) is 6. The number of carbonyl (C=O) groups excluding carboxylic acids is 2. The van der Waals surface area contributed by atoms with Gasteiger partial charge in [0, 0.05) is 0 Å². The third-order valence-electron chi connectivity index (χ3n) is 5.53. The predicted molar refractivity (Wildman–Crippen MR) is 112 cm³/mol. The summed E-state index contributed by atoms with van der Waals surface area (Å²) in [6, 6.07) is 6.17. The molecular weight excluding hydrogens is 420 g/mol. The lowest BCUT2D eigenvalue weighted by atomic mass is 9.98. The van der Waals surface area contributed by atoms with E-state index >= 15 is 0 Å². The first-order valence-electron chi connectivity index (χ1n) is 10.6. The van der Waals surface area contributed by atoms with Crippen molar-refractivity contribution in [2.75, 3.05) is 12.4 Å². The number of amides is 2. The van der Waals surface area contributed by atoms with Crippen molar-refractivity contribution < 1.29 is 38.0 Å². The van der Waals surface area contributed by atoms with Gasteiger partial charge in [-0.25, -0.2) is 0 Å². The van der Waals surface area contributed by atoms with E-state index in [-0.39, 0.29) is 0 Å². The third kappa shape index (κ3) is 4.46. The first-order chi connectivity index (χ1) is 15.0. The minimum atomic E-state index is -1.04. The van der Waals surface area contributed by atoms with Crippen LogP contribution in [-0.4, -0.2) is 67.2 Å². The van der Waals surface area contributed by atoms with Gasteiger partial charge in [0.1, 0.15) is 30.1 Å². The summed E-state index contributed by atoms with van der Waals surface area (Å²) in [5.41, 5.74) is 0.505. The van der Waals surface area contributed by atoms with E-state index in [1.165, 1.54) is 7.11 Å². The van der Waals surface area contributed by atoms with Crippen molar-refractivity contribution in [1.82, 2.24) is 5.32 Å². The van der Waals surface area contributed by atoms with Crippen LogP contribution in [0.3, 0.4) is 0 Å². The molecule has 0 saturated carbocycles. The predicted octanol–water partition coefficient (Wildman–Crippen LogP) is 1.53. The lowest BCUT2D eigenvalue weighted by Gasteiger charge is -2.36. The molecular formula is C22H30N2O8. The van der Waals surface area contributed by atoms with Crippen LogP contribution in [0.1, 0.15) is 34.6 Å². The largest absolute Gasteiger partial charge is 0.495 e. The van der Waals surface area contributed by atoms with Crippen LogP contribution in [-0.2, 0) is 33.3 Å². The Balaban J connectivity index is 1.45. The number of para-hydroxylation sites is 2. The van der Waals surface area contributed by atoms with Crippen LogP contribution in [0, 0.1) is 0 Å². The van der Waals surface area contributed by atoms with Crippen molar-refractivity contribution in [3.05, 3.63) is 24.3 Å². The van der Waals surface area contributed by atoms with Gasteiger partial charge >= 0.3 is 0 Å². The first kappa shape index (κ1) is 22.9. The van der Waals surface area contributed by atoms with E-state index in [2.05, 4.69) is 10.6 Å². The SMILES string of the molecule is COc1ccccc1NC(=O)[C@@H](C)NC(=O)[C@@H]1O[C@@H]2OC(C)(C)O[C@@H]2[C@H]2OC(C)(C)O[C@H]21. The summed E-state index contributed by atoms with van der Waals surface area (Å²) in [5, 5.41) is 5.46. The second kappa shape index (κ2) is 8.27. The molecule has 3 heterocycles. The highest BCUT2D eigenvalue weighted by molar-refractivity contribution is 5.98. The lowest BCUT2D eigenvalue weighted by Crippen LogP contribution is -2.60. The van der Waals surface area contributed by atoms with Gasteiger partial charge in [-0.05, 0) is 46.8 Å². The van der Waals surface area contributed by atoms with Crippen LogP contribution in [0.4, 0.5) is 5.69 Å². The Morgan fingerprint density at radius 2 is 1.59 bits per heavy atom. The maximum absolute atomic E-state index is 13.1. The number of hydrogen-bond acceptors (Lipinski definition) is 8. The van der Waals surface area contributed by atoms with Gasteiger partial charge in [0.15, 0.2) is 24.0 Å². The molecule has 3 saturated heterocycles. The molecule has 0 aliphatic carbocycles. The molecule has 2 amide bonds. The van der Waals surface area contributed by atoms with E-state index in [1.54, 1.807) is 58.9 Å². The molecule has 2 N–H and O–H groups in total. The molecule has 0 unspecified atom stereocenters. The second-order valence-electron chi connectivity index (χ2n) is 9.01. The van der Waals surface area contributed by atoms with Gasteiger partial charge in [-0.3, -0.25) is 9.59 Å². The number of hydrogen-bond donors (Lipinski definition) is 2. The molecule has 0 aromatic heterocycles. The van der Waals surface area contributed by atoms with E-state index in [4.69, 9.17) is 28.4 Å². The summed E-state index contributed by atoms with van der Waals surface area (Å²) in [4.78, 5) is 25.8. The molecule has 176 valence electrons. The summed E-state index contributed by atoms with van der Waals surface area (Å²) >= 11 is 0. The fourth-order valence-corrected chi connectivity index (χ4v) is 4.17. The summed E-state index contributed by atoms with van der Waals surface area (Å²) in [7, 11) is 1.52. The molecule has 10 nitrogen and oxygen atoms in total. The Hall–Kier alpha value is -2.24. The molecule has 4 rings (SSSR count). The molecule has 3 aliphatic rings. The lowest BCUT2D eigenvalue weighted by molar-refractivity contribution is -0.231. The van der Waals surface area contributed by atoms with Gasteiger partial charge in [-0.1, -0.05) is 12.1 Å². The van der Waals surface area contributed by atoms with Gasteiger partial charge in [-0.2, -0.15) is 0 Å². The monoisotopic (exact) mass is 450 g/mol. The minimum Gasteiger partial charge on any atom is -0.495 e. The van der Waals surface area contributed by atoms with Crippen LogP contribution < -0.4 is 15.4 Å². The van der Waals surface area contributed by atoms with Crippen molar-refractivity contribution in [3.8, 4) is 5.75 Å². The van der Waals surface area contributed by atoms with E-state index < -0.39 is 60.1 Å². The highest BCUT2D eigenvalue weighted by atomic mass is 16.9. The molecule has 1 aromatic rings. The average Bonchev–Trinajstić information content (AvgIpc) is 3.21. The van der Waals surface area contributed by atoms with Gasteiger partial charge in [-0.15, -0.1) is 0 Å². The van der Waals surface area contributed by atoms with E-state index in [0.29, 0.717) is 11.4 Å². The Bertz CT molecular complexity index is 888. The molecule has 3 fully saturated rings. The van der Waals surface area contributed by atoms with Gasteiger partial charge in [0.25, 0.3) is 5.91 Å². The van der Waals surface area contributed by atoms with Crippen molar-refractivity contribution in [3.63, 3.8) is 0 Å². The molecule has 0 spiro atoms. The number of methoxy groups -OCH3 is 1. The molecule has 6 atom stereocenters. The zero-order valence-electron chi connectivity index (χ0n) is 19.0. The van der Waals surface area contributed by atoms with Crippen LogP contribution in [0.5, 0.6) is 5.75 Å². The number of rotatable bonds is 5. The molecule has 10 heteroatoms. The van der Waals surface area contributed by atoms with Crippen molar-refractivity contribution in [1.29, 1.82) is 0 Å². The molecule has 3 aliphatic heterocycles. The fourth-order valence-electron chi connectivity index (χ4n) is 4.17. The summed E-state index contributed by atoms with van der Waals surface area (Å²) in [6.45, 7) is 8.65. The Labute approximate surface area is 186 Å². The smallest absolute Gasteiger partial charge is 0.252 e. The molecule has 1 aromatic carbocycles. The van der Waals surface area contributed by atoms with Gasteiger partial charge in [0.05, 0.1) is 12.8 Å². The van der Waals surface area contributed by atoms with Crippen molar-refractivity contribution in [2.45, 2.75) is 82.9 Å². The number of carbonyl (C=O) groups is 2. The van der Waals surface area contributed by atoms with Crippen molar-refractivity contribution >= 4 is 17.5 Å². The summed E-state index contributed by atoms with van der Waals surface area (Å²) < 4.78 is 34.9. The Morgan fingerprint density at radius 3 is 2.31 bits per heavy atom. The normalized spacial score (nSPS) is 33.0. The van der Waals surface area contributed by atoms with Crippen LogP contribution >= 0.6 is 0 Å². The molecule has 32 heavy (non-hydrogen) atoms. The maximum Gasteiger partial charge on any atom is 0.252 e. The molecule has 0 bridgehead atoms. The number of fused-ring (bicyclic) bond motifs is 3. The van der Waals surface area contributed by atoms with E-state index in [0.717, 1.165) is 0 Å². The fraction of sp³-hybridized carbons (Fsp3) is 0.636.